The third-order valence-corrected chi connectivity index (χ3v) is 4.90. The first-order valence-corrected chi connectivity index (χ1v) is 8.11. The molecule has 6 heteroatoms. The second-order valence-corrected chi connectivity index (χ2v) is 6.39. The molecule has 5 nitrogen and oxygen atoms in total. The fraction of sp³-hybridized carbons (Fsp3) is 0.467. The van der Waals surface area contributed by atoms with E-state index in [1.54, 1.807) is 29.2 Å². The van der Waals surface area contributed by atoms with Gasteiger partial charge in [-0.3, -0.25) is 0 Å². The normalized spacial score (nSPS) is 19.9. The number of thioether (sulfide) groups is 1. The van der Waals surface area contributed by atoms with Crippen molar-refractivity contribution < 1.29 is 14.7 Å². The number of rotatable bonds is 4. The number of nitrogens with zero attached hydrogens (tertiary/aromatic N) is 1. The van der Waals surface area contributed by atoms with Crippen molar-refractivity contribution in [3.8, 4) is 0 Å². The number of hydrogen-bond donors (Lipinski definition) is 2. The van der Waals surface area contributed by atoms with Gasteiger partial charge < -0.3 is 15.3 Å². The van der Waals surface area contributed by atoms with E-state index in [1.165, 1.54) is 0 Å². The SMILES string of the molecule is CCC1CN(C(=O)N[C@@H](C(=O)O)c2ccccc2)CCS1. The Morgan fingerprint density at radius 1 is 1.43 bits per heavy atom. The van der Waals surface area contributed by atoms with E-state index in [0.29, 0.717) is 23.9 Å². The molecule has 114 valence electrons. The molecule has 2 atom stereocenters. The van der Waals surface area contributed by atoms with Crippen molar-refractivity contribution in [2.24, 2.45) is 0 Å². The number of carboxylic acids is 1. The van der Waals surface area contributed by atoms with Crippen LogP contribution in [0.4, 0.5) is 4.79 Å². The summed E-state index contributed by atoms with van der Waals surface area (Å²) in [5.74, 6) is -0.150. The second kappa shape index (κ2) is 7.36. The molecule has 1 fully saturated rings. The van der Waals surface area contributed by atoms with E-state index in [4.69, 9.17) is 0 Å². The van der Waals surface area contributed by atoms with E-state index in [0.717, 1.165) is 12.2 Å². The Morgan fingerprint density at radius 2 is 2.14 bits per heavy atom. The molecule has 2 N–H and O–H groups in total. The lowest BCUT2D eigenvalue weighted by Crippen LogP contribution is -2.48. The van der Waals surface area contributed by atoms with Crippen LogP contribution in [0.25, 0.3) is 0 Å². The van der Waals surface area contributed by atoms with Gasteiger partial charge in [0, 0.05) is 24.1 Å². The number of carboxylic acid groups (broad SMARTS) is 1. The Morgan fingerprint density at radius 3 is 2.76 bits per heavy atom. The van der Waals surface area contributed by atoms with Crippen molar-refractivity contribution in [2.45, 2.75) is 24.6 Å². The predicted octanol–water partition coefficient (Wildman–Crippen LogP) is 2.35. The summed E-state index contributed by atoms with van der Waals surface area (Å²) in [6.07, 6.45) is 1.01. The quantitative estimate of drug-likeness (QED) is 0.896. The van der Waals surface area contributed by atoms with Gasteiger partial charge in [-0.25, -0.2) is 9.59 Å². The Bertz CT molecular complexity index is 495. The minimum atomic E-state index is -1.05. The van der Waals surface area contributed by atoms with Gasteiger partial charge in [-0.2, -0.15) is 11.8 Å². The van der Waals surface area contributed by atoms with Gasteiger partial charge >= 0.3 is 12.0 Å². The first-order valence-electron chi connectivity index (χ1n) is 7.06. The number of hydrogen-bond acceptors (Lipinski definition) is 3. The maximum absolute atomic E-state index is 12.3. The van der Waals surface area contributed by atoms with Gasteiger partial charge in [0.2, 0.25) is 0 Å². The van der Waals surface area contributed by atoms with Crippen LogP contribution in [-0.2, 0) is 4.79 Å². The Hall–Kier alpha value is -1.69. The van der Waals surface area contributed by atoms with Gasteiger partial charge in [-0.1, -0.05) is 37.3 Å². The van der Waals surface area contributed by atoms with Gasteiger partial charge in [-0.15, -0.1) is 0 Å². The van der Waals surface area contributed by atoms with Crippen LogP contribution in [0.1, 0.15) is 24.9 Å². The van der Waals surface area contributed by atoms with Crippen LogP contribution in [0.2, 0.25) is 0 Å². The molecule has 1 aliphatic rings. The Kier molecular flexibility index (Phi) is 5.50. The van der Waals surface area contributed by atoms with E-state index in [9.17, 15) is 14.7 Å². The average molecular weight is 308 g/mol. The summed E-state index contributed by atoms with van der Waals surface area (Å²) in [5.41, 5.74) is 0.580. The molecule has 0 aromatic heterocycles. The van der Waals surface area contributed by atoms with Crippen LogP contribution in [0, 0.1) is 0 Å². The van der Waals surface area contributed by atoms with Crippen LogP contribution >= 0.6 is 11.8 Å². The highest BCUT2D eigenvalue weighted by Gasteiger charge is 2.27. The minimum Gasteiger partial charge on any atom is -0.479 e. The van der Waals surface area contributed by atoms with Crippen molar-refractivity contribution in [2.75, 3.05) is 18.8 Å². The lowest BCUT2D eigenvalue weighted by molar-refractivity contribution is -0.139. The maximum atomic E-state index is 12.3. The molecule has 0 saturated carbocycles. The number of amides is 2. The van der Waals surface area contributed by atoms with E-state index < -0.39 is 12.0 Å². The lowest BCUT2D eigenvalue weighted by atomic mass is 10.1. The Balaban J connectivity index is 2.03. The van der Waals surface area contributed by atoms with Gasteiger partial charge in [0.05, 0.1) is 0 Å². The van der Waals surface area contributed by atoms with E-state index >= 15 is 0 Å². The summed E-state index contributed by atoms with van der Waals surface area (Å²) in [4.78, 5) is 25.4. The predicted molar refractivity (Wildman–Crippen MR) is 83.5 cm³/mol. The molecule has 21 heavy (non-hydrogen) atoms. The van der Waals surface area contributed by atoms with E-state index in [-0.39, 0.29) is 6.03 Å². The fourth-order valence-electron chi connectivity index (χ4n) is 2.30. The molecule has 0 radical (unpaired) electrons. The number of benzene rings is 1. The molecule has 0 aliphatic carbocycles. The van der Waals surface area contributed by atoms with Crippen LogP contribution in [0.15, 0.2) is 30.3 Å². The van der Waals surface area contributed by atoms with Gasteiger partial charge in [0.1, 0.15) is 0 Å². The minimum absolute atomic E-state index is 0.301. The summed E-state index contributed by atoms with van der Waals surface area (Å²) >= 11 is 1.87. The summed E-state index contributed by atoms with van der Waals surface area (Å²) in [6, 6.07) is 7.46. The molecule has 1 heterocycles. The topological polar surface area (TPSA) is 69.6 Å². The third-order valence-electron chi connectivity index (χ3n) is 3.53. The number of carbonyl (C=O) groups is 2. The smallest absolute Gasteiger partial charge is 0.330 e. The molecule has 1 aliphatic heterocycles. The zero-order chi connectivity index (χ0) is 15.2. The van der Waals surface area contributed by atoms with E-state index in [2.05, 4.69) is 12.2 Å². The number of nitrogens with one attached hydrogen (secondary N) is 1. The summed E-state index contributed by atoms with van der Waals surface area (Å²) < 4.78 is 0. The number of carbonyl (C=O) groups excluding carboxylic acids is 1. The first kappa shape index (κ1) is 15.7. The Labute approximate surface area is 128 Å². The van der Waals surface area contributed by atoms with Crippen molar-refractivity contribution in [1.82, 2.24) is 10.2 Å². The van der Waals surface area contributed by atoms with Gasteiger partial charge in [-0.05, 0) is 12.0 Å². The highest BCUT2D eigenvalue weighted by atomic mass is 32.2. The molecule has 0 spiro atoms. The standard InChI is InChI=1S/C15H20N2O3S/c1-2-12-10-17(8-9-21-12)15(20)16-13(14(18)19)11-6-4-3-5-7-11/h3-7,12-13H,2,8-10H2,1H3,(H,16,20)(H,18,19)/t12?,13-/m1/s1. The molecule has 0 bridgehead atoms. The van der Waals surface area contributed by atoms with Crippen LogP contribution in [-0.4, -0.2) is 46.1 Å². The molecular formula is C15H20N2O3S. The average Bonchev–Trinajstić information content (AvgIpc) is 2.53. The molecule has 2 amide bonds. The summed E-state index contributed by atoms with van der Waals surface area (Å²) in [5, 5.41) is 12.4. The van der Waals surface area contributed by atoms with Crippen LogP contribution in [0.5, 0.6) is 0 Å². The largest absolute Gasteiger partial charge is 0.479 e. The number of aliphatic carboxylic acids is 1. The fourth-order valence-corrected chi connectivity index (χ4v) is 3.48. The molecule has 1 aromatic carbocycles. The highest BCUT2D eigenvalue weighted by molar-refractivity contribution is 8.00. The summed E-state index contributed by atoms with van der Waals surface area (Å²) in [7, 11) is 0. The number of urea groups is 1. The lowest BCUT2D eigenvalue weighted by Gasteiger charge is -2.32. The van der Waals surface area contributed by atoms with Crippen molar-refractivity contribution in [3.63, 3.8) is 0 Å². The summed E-state index contributed by atoms with van der Waals surface area (Å²) in [6.45, 7) is 3.44. The third kappa shape index (κ3) is 4.14. The molecule has 1 saturated heterocycles. The van der Waals surface area contributed by atoms with Gasteiger partial charge in [0.25, 0.3) is 0 Å². The molecule has 1 unspecified atom stereocenters. The highest BCUT2D eigenvalue weighted by Crippen LogP contribution is 2.21. The zero-order valence-electron chi connectivity index (χ0n) is 12.0. The van der Waals surface area contributed by atoms with Crippen molar-refractivity contribution >= 4 is 23.8 Å². The first-order chi connectivity index (χ1) is 10.1. The second-order valence-electron chi connectivity index (χ2n) is 4.98. The van der Waals surface area contributed by atoms with Gasteiger partial charge in [0.15, 0.2) is 6.04 Å². The van der Waals surface area contributed by atoms with Crippen molar-refractivity contribution in [1.29, 1.82) is 0 Å². The van der Waals surface area contributed by atoms with Crippen LogP contribution in [0.3, 0.4) is 0 Å². The monoisotopic (exact) mass is 308 g/mol. The van der Waals surface area contributed by atoms with Crippen LogP contribution < -0.4 is 5.32 Å². The van der Waals surface area contributed by atoms with Crippen molar-refractivity contribution in [3.05, 3.63) is 35.9 Å². The molecular weight excluding hydrogens is 288 g/mol. The van der Waals surface area contributed by atoms with E-state index in [1.807, 2.05) is 17.8 Å². The molecule has 2 rings (SSSR count). The zero-order valence-corrected chi connectivity index (χ0v) is 12.8. The molecule has 1 aromatic rings. The maximum Gasteiger partial charge on any atom is 0.330 e.